The molecule has 0 radical (unpaired) electrons. The van der Waals surface area contributed by atoms with Gasteiger partial charge in [-0.2, -0.15) is 0 Å². The Labute approximate surface area is 106 Å². The fraction of sp³-hybridized carbons (Fsp3) is 0.538. The SMILES string of the molecule is Cc1cc(Br)ccc1C1CC(CN)CN1C. The van der Waals surface area contributed by atoms with Crippen LogP contribution in [0.2, 0.25) is 0 Å². The monoisotopic (exact) mass is 282 g/mol. The van der Waals surface area contributed by atoms with Crippen LogP contribution in [0, 0.1) is 12.8 Å². The van der Waals surface area contributed by atoms with Crippen molar-refractivity contribution in [1.29, 1.82) is 0 Å². The van der Waals surface area contributed by atoms with Crippen molar-refractivity contribution in [3.63, 3.8) is 0 Å². The van der Waals surface area contributed by atoms with Crippen LogP contribution in [0.25, 0.3) is 0 Å². The van der Waals surface area contributed by atoms with Crippen LogP contribution in [-0.4, -0.2) is 25.0 Å². The predicted octanol–water partition coefficient (Wildman–Crippen LogP) is 2.71. The molecule has 1 fully saturated rings. The molecular formula is C13H19BrN2. The van der Waals surface area contributed by atoms with Gasteiger partial charge in [0.05, 0.1) is 0 Å². The molecule has 1 aliphatic heterocycles. The third kappa shape index (κ3) is 2.31. The van der Waals surface area contributed by atoms with Gasteiger partial charge in [-0.05, 0) is 56.1 Å². The highest BCUT2D eigenvalue weighted by atomic mass is 79.9. The molecule has 3 heteroatoms. The highest BCUT2D eigenvalue weighted by molar-refractivity contribution is 9.10. The predicted molar refractivity (Wildman–Crippen MR) is 71.4 cm³/mol. The molecule has 1 aromatic rings. The zero-order chi connectivity index (χ0) is 11.7. The van der Waals surface area contributed by atoms with E-state index in [1.807, 2.05) is 0 Å². The van der Waals surface area contributed by atoms with E-state index in [1.54, 1.807) is 0 Å². The molecule has 1 saturated heterocycles. The Morgan fingerprint density at radius 3 is 2.81 bits per heavy atom. The number of rotatable bonds is 2. The Bertz CT molecular complexity index is 378. The molecule has 88 valence electrons. The minimum Gasteiger partial charge on any atom is -0.330 e. The fourth-order valence-corrected chi connectivity index (χ4v) is 3.13. The van der Waals surface area contributed by atoms with Crippen molar-refractivity contribution in [2.45, 2.75) is 19.4 Å². The molecule has 0 saturated carbocycles. The van der Waals surface area contributed by atoms with Crippen LogP contribution in [0.15, 0.2) is 22.7 Å². The lowest BCUT2D eigenvalue weighted by Gasteiger charge is -2.21. The van der Waals surface area contributed by atoms with Gasteiger partial charge in [0.2, 0.25) is 0 Å². The van der Waals surface area contributed by atoms with Crippen molar-refractivity contribution in [3.8, 4) is 0 Å². The molecular weight excluding hydrogens is 264 g/mol. The zero-order valence-electron chi connectivity index (χ0n) is 9.91. The van der Waals surface area contributed by atoms with Crippen molar-refractivity contribution in [2.75, 3.05) is 20.1 Å². The van der Waals surface area contributed by atoms with Crippen LogP contribution >= 0.6 is 15.9 Å². The molecule has 16 heavy (non-hydrogen) atoms. The number of hydrogen-bond acceptors (Lipinski definition) is 2. The van der Waals surface area contributed by atoms with Crippen LogP contribution in [0.4, 0.5) is 0 Å². The summed E-state index contributed by atoms with van der Waals surface area (Å²) in [5.41, 5.74) is 8.58. The van der Waals surface area contributed by atoms with Crippen molar-refractivity contribution in [1.82, 2.24) is 4.90 Å². The van der Waals surface area contributed by atoms with Crippen molar-refractivity contribution in [2.24, 2.45) is 11.7 Å². The molecule has 2 atom stereocenters. The Kier molecular flexibility index (Phi) is 3.67. The number of nitrogens with two attached hydrogens (primary N) is 1. The largest absolute Gasteiger partial charge is 0.330 e. The van der Waals surface area contributed by atoms with Crippen molar-refractivity contribution in [3.05, 3.63) is 33.8 Å². The smallest absolute Gasteiger partial charge is 0.0351 e. The Morgan fingerprint density at radius 1 is 1.50 bits per heavy atom. The second-order valence-electron chi connectivity index (χ2n) is 4.79. The van der Waals surface area contributed by atoms with Gasteiger partial charge in [0.25, 0.3) is 0 Å². The maximum Gasteiger partial charge on any atom is 0.0351 e. The minimum atomic E-state index is 0.543. The summed E-state index contributed by atoms with van der Waals surface area (Å²) in [5, 5.41) is 0. The molecule has 1 aromatic carbocycles. The Hall–Kier alpha value is -0.380. The normalized spacial score (nSPS) is 26.2. The molecule has 0 bridgehead atoms. The van der Waals surface area contributed by atoms with E-state index < -0.39 is 0 Å². The summed E-state index contributed by atoms with van der Waals surface area (Å²) in [6, 6.07) is 7.10. The van der Waals surface area contributed by atoms with E-state index in [2.05, 4.69) is 53.0 Å². The summed E-state index contributed by atoms with van der Waals surface area (Å²) in [6.07, 6.45) is 1.19. The quantitative estimate of drug-likeness (QED) is 0.904. The molecule has 0 aromatic heterocycles. The van der Waals surface area contributed by atoms with Gasteiger partial charge in [0, 0.05) is 17.1 Å². The van der Waals surface area contributed by atoms with Crippen LogP contribution in [0.5, 0.6) is 0 Å². The third-order valence-corrected chi connectivity index (χ3v) is 4.05. The molecule has 0 aliphatic carbocycles. The van der Waals surface area contributed by atoms with Gasteiger partial charge in [-0.1, -0.05) is 22.0 Å². The number of likely N-dealkylation sites (tertiary alicyclic amines) is 1. The number of benzene rings is 1. The van der Waals surface area contributed by atoms with Gasteiger partial charge in [-0.3, -0.25) is 4.90 Å². The Morgan fingerprint density at radius 2 is 2.25 bits per heavy atom. The molecule has 1 heterocycles. The van der Waals surface area contributed by atoms with Crippen LogP contribution < -0.4 is 5.73 Å². The molecule has 2 rings (SSSR count). The summed E-state index contributed by atoms with van der Waals surface area (Å²) in [6.45, 7) is 4.11. The van der Waals surface area contributed by atoms with E-state index in [-0.39, 0.29) is 0 Å². The summed E-state index contributed by atoms with van der Waals surface area (Å²) >= 11 is 3.51. The van der Waals surface area contributed by atoms with Gasteiger partial charge in [-0.15, -0.1) is 0 Å². The van der Waals surface area contributed by atoms with Crippen molar-refractivity contribution >= 4 is 15.9 Å². The summed E-state index contributed by atoms with van der Waals surface area (Å²) in [7, 11) is 2.20. The van der Waals surface area contributed by atoms with Gasteiger partial charge < -0.3 is 5.73 Å². The average molecular weight is 283 g/mol. The first-order valence-electron chi connectivity index (χ1n) is 5.78. The molecule has 1 aliphatic rings. The summed E-state index contributed by atoms with van der Waals surface area (Å²) < 4.78 is 1.16. The van der Waals surface area contributed by atoms with E-state index >= 15 is 0 Å². The second-order valence-corrected chi connectivity index (χ2v) is 5.71. The van der Waals surface area contributed by atoms with Gasteiger partial charge in [0.1, 0.15) is 0 Å². The first-order chi connectivity index (χ1) is 7.61. The Balaban J connectivity index is 2.24. The standard InChI is InChI=1S/C13H19BrN2/c1-9-5-11(14)3-4-12(9)13-6-10(7-15)8-16(13)2/h3-5,10,13H,6-8,15H2,1-2H3. The topological polar surface area (TPSA) is 29.3 Å². The number of nitrogens with zero attached hydrogens (tertiary/aromatic N) is 1. The van der Waals surface area contributed by atoms with Gasteiger partial charge in [0.15, 0.2) is 0 Å². The fourth-order valence-electron chi connectivity index (χ4n) is 2.65. The van der Waals surface area contributed by atoms with E-state index in [4.69, 9.17) is 5.73 Å². The summed E-state index contributed by atoms with van der Waals surface area (Å²) in [5.74, 6) is 0.651. The van der Waals surface area contributed by atoms with Crippen LogP contribution in [0.1, 0.15) is 23.6 Å². The number of hydrogen-bond donors (Lipinski definition) is 1. The molecule has 2 unspecified atom stereocenters. The van der Waals surface area contributed by atoms with Gasteiger partial charge in [-0.25, -0.2) is 0 Å². The lowest BCUT2D eigenvalue weighted by atomic mass is 9.96. The lowest BCUT2D eigenvalue weighted by molar-refractivity contribution is 0.313. The van der Waals surface area contributed by atoms with E-state index in [1.165, 1.54) is 17.5 Å². The molecule has 0 spiro atoms. The number of aryl methyl sites for hydroxylation is 1. The maximum atomic E-state index is 5.76. The third-order valence-electron chi connectivity index (χ3n) is 3.56. The highest BCUT2D eigenvalue weighted by Crippen LogP contribution is 2.35. The average Bonchev–Trinajstić information content (AvgIpc) is 2.60. The first kappa shape index (κ1) is 12.1. The lowest BCUT2D eigenvalue weighted by Crippen LogP contribution is -2.20. The first-order valence-corrected chi connectivity index (χ1v) is 6.57. The molecule has 2 nitrogen and oxygen atoms in total. The van der Waals surface area contributed by atoms with Gasteiger partial charge >= 0.3 is 0 Å². The molecule has 2 N–H and O–H groups in total. The second kappa shape index (κ2) is 4.86. The number of halogens is 1. The zero-order valence-corrected chi connectivity index (χ0v) is 11.5. The summed E-state index contributed by atoms with van der Waals surface area (Å²) in [4.78, 5) is 2.42. The van der Waals surface area contributed by atoms with Crippen LogP contribution in [-0.2, 0) is 0 Å². The van der Waals surface area contributed by atoms with E-state index in [0.717, 1.165) is 17.6 Å². The van der Waals surface area contributed by atoms with E-state index in [9.17, 15) is 0 Å². The van der Waals surface area contributed by atoms with Crippen molar-refractivity contribution < 1.29 is 0 Å². The van der Waals surface area contributed by atoms with Crippen LogP contribution in [0.3, 0.4) is 0 Å². The highest BCUT2D eigenvalue weighted by Gasteiger charge is 2.30. The maximum absolute atomic E-state index is 5.76. The van der Waals surface area contributed by atoms with E-state index in [0.29, 0.717) is 12.0 Å². The molecule has 0 amide bonds. The minimum absolute atomic E-state index is 0.543.